The van der Waals surface area contributed by atoms with Gasteiger partial charge < -0.3 is 24.6 Å². The number of benzene rings is 2. The van der Waals surface area contributed by atoms with Gasteiger partial charge in [-0.2, -0.15) is 0 Å². The van der Waals surface area contributed by atoms with Crippen molar-refractivity contribution in [3.8, 4) is 22.6 Å². The molecular formula is C29H41NO6. The molecule has 0 radical (unpaired) electrons. The summed E-state index contributed by atoms with van der Waals surface area (Å²) in [5, 5.41) is 9.99. The number of hydrogen-bond acceptors (Lipinski definition) is 5. The Kier molecular flexibility index (Phi) is 12.3. The maximum atomic E-state index is 12.5. The molecule has 4 rings (SSSR count). The predicted octanol–water partition coefficient (Wildman–Crippen LogP) is 6.60. The van der Waals surface area contributed by atoms with Crippen LogP contribution < -0.4 is 14.8 Å². The minimum atomic E-state index is -0.250. The normalized spacial score (nSPS) is 14.9. The maximum absolute atomic E-state index is 12.5. The molecule has 36 heavy (non-hydrogen) atoms. The fourth-order valence-corrected chi connectivity index (χ4v) is 4.49. The average molecular weight is 500 g/mol. The van der Waals surface area contributed by atoms with Crippen LogP contribution in [-0.4, -0.2) is 37.8 Å². The summed E-state index contributed by atoms with van der Waals surface area (Å²) in [7, 11) is 3.35. The van der Waals surface area contributed by atoms with E-state index in [1.807, 2.05) is 39.0 Å². The van der Waals surface area contributed by atoms with Gasteiger partial charge in [-0.3, -0.25) is 9.59 Å². The number of rotatable bonds is 8. The monoisotopic (exact) mass is 499 g/mol. The van der Waals surface area contributed by atoms with Crippen molar-refractivity contribution in [3.05, 3.63) is 41.5 Å². The van der Waals surface area contributed by atoms with Gasteiger partial charge in [-0.25, -0.2) is 0 Å². The van der Waals surface area contributed by atoms with Crippen molar-refractivity contribution in [2.45, 2.75) is 78.4 Å². The van der Waals surface area contributed by atoms with Crippen molar-refractivity contribution >= 4 is 18.1 Å². The average Bonchev–Trinajstić information content (AvgIpc) is 3.37. The molecule has 198 valence electrons. The Morgan fingerprint density at radius 2 is 1.58 bits per heavy atom. The Balaban J connectivity index is 0.000000850. The first kappa shape index (κ1) is 29.2. The molecule has 0 heterocycles. The van der Waals surface area contributed by atoms with E-state index in [9.17, 15) is 4.79 Å². The molecule has 2 aliphatic rings. The lowest BCUT2D eigenvalue weighted by molar-refractivity contribution is -0.123. The summed E-state index contributed by atoms with van der Waals surface area (Å²) in [6.45, 7) is 6.26. The summed E-state index contributed by atoms with van der Waals surface area (Å²) in [6.07, 6.45) is 8.18. The fraction of sp³-hybridized carbons (Fsp3) is 0.517. The number of carboxylic acid groups (broad SMARTS) is 1. The highest BCUT2D eigenvalue weighted by molar-refractivity contribution is 5.93. The van der Waals surface area contributed by atoms with Crippen molar-refractivity contribution in [2.75, 3.05) is 19.5 Å². The highest BCUT2D eigenvalue weighted by Crippen LogP contribution is 2.37. The van der Waals surface area contributed by atoms with Crippen LogP contribution in [0.1, 0.15) is 69.9 Å². The molecule has 2 saturated carbocycles. The van der Waals surface area contributed by atoms with Crippen LogP contribution >= 0.6 is 0 Å². The second-order valence-electron chi connectivity index (χ2n) is 8.82. The van der Waals surface area contributed by atoms with E-state index in [1.54, 1.807) is 14.2 Å². The van der Waals surface area contributed by atoms with E-state index in [4.69, 9.17) is 24.1 Å². The van der Waals surface area contributed by atoms with E-state index >= 15 is 0 Å². The second-order valence-corrected chi connectivity index (χ2v) is 8.82. The lowest BCUT2D eigenvalue weighted by Gasteiger charge is -2.24. The standard InChI is InChI=1S/C26H33NO4.C2H6.CH2O2/c1-17-24(29-2)14-19(15-25(17)30-3)23-12-11-21(27-26(28)18-7-6-8-18)13-20(23)16-31-22-9-4-5-10-22;1-2;2-1-3/h11-15,18,22H,4-10,16H2,1-3H3,(H,27,28);1-2H3;1H,(H,2,3). The Labute approximate surface area is 215 Å². The number of nitrogens with one attached hydrogen (secondary N) is 1. The summed E-state index contributed by atoms with van der Waals surface area (Å²) in [4.78, 5) is 20.8. The molecule has 0 bridgehead atoms. The molecule has 0 unspecified atom stereocenters. The van der Waals surface area contributed by atoms with Crippen LogP contribution in [0.4, 0.5) is 5.69 Å². The summed E-state index contributed by atoms with van der Waals surface area (Å²) >= 11 is 0. The van der Waals surface area contributed by atoms with E-state index in [2.05, 4.69) is 17.4 Å². The number of carbonyl (C=O) groups excluding carboxylic acids is 1. The maximum Gasteiger partial charge on any atom is 0.290 e. The molecule has 2 aromatic carbocycles. The zero-order valence-electron chi connectivity index (χ0n) is 22.3. The van der Waals surface area contributed by atoms with Crippen LogP contribution in [0.15, 0.2) is 30.3 Å². The molecule has 2 N–H and O–H groups in total. The van der Waals surface area contributed by atoms with E-state index in [0.717, 1.165) is 71.5 Å². The first-order valence-electron chi connectivity index (χ1n) is 12.9. The van der Waals surface area contributed by atoms with Gasteiger partial charge in [0.25, 0.3) is 6.47 Å². The van der Waals surface area contributed by atoms with Crippen LogP contribution in [0, 0.1) is 12.8 Å². The van der Waals surface area contributed by atoms with Gasteiger partial charge in [0, 0.05) is 17.2 Å². The molecular weight excluding hydrogens is 458 g/mol. The van der Waals surface area contributed by atoms with Gasteiger partial charge in [-0.1, -0.05) is 39.2 Å². The van der Waals surface area contributed by atoms with Gasteiger partial charge in [0.2, 0.25) is 5.91 Å². The molecule has 2 aromatic rings. The van der Waals surface area contributed by atoms with E-state index in [-0.39, 0.29) is 18.3 Å². The van der Waals surface area contributed by atoms with Crippen LogP contribution in [0.3, 0.4) is 0 Å². The van der Waals surface area contributed by atoms with E-state index in [0.29, 0.717) is 12.7 Å². The minimum Gasteiger partial charge on any atom is -0.496 e. The molecule has 2 aliphatic carbocycles. The lowest BCUT2D eigenvalue weighted by Crippen LogP contribution is -2.28. The number of carbonyl (C=O) groups is 2. The van der Waals surface area contributed by atoms with Crippen molar-refractivity contribution in [1.29, 1.82) is 0 Å². The summed E-state index contributed by atoms with van der Waals surface area (Å²) in [5.41, 5.74) is 4.95. The first-order chi connectivity index (χ1) is 17.5. The largest absolute Gasteiger partial charge is 0.496 e. The molecule has 1 amide bonds. The number of methoxy groups -OCH3 is 2. The lowest BCUT2D eigenvalue weighted by atomic mass is 9.85. The number of anilines is 1. The molecule has 0 spiro atoms. The molecule has 7 nitrogen and oxygen atoms in total. The van der Waals surface area contributed by atoms with Gasteiger partial charge >= 0.3 is 0 Å². The van der Waals surface area contributed by atoms with Crippen molar-refractivity contribution in [2.24, 2.45) is 5.92 Å². The molecule has 7 heteroatoms. The van der Waals surface area contributed by atoms with Crippen LogP contribution in [0.2, 0.25) is 0 Å². The third-order valence-corrected chi connectivity index (χ3v) is 6.69. The highest BCUT2D eigenvalue weighted by atomic mass is 16.5. The first-order valence-corrected chi connectivity index (χ1v) is 12.9. The summed E-state index contributed by atoms with van der Waals surface area (Å²) in [6, 6.07) is 10.2. The van der Waals surface area contributed by atoms with E-state index < -0.39 is 0 Å². The van der Waals surface area contributed by atoms with Gasteiger partial charge in [-0.05, 0) is 73.6 Å². The molecule has 0 aliphatic heterocycles. The van der Waals surface area contributed by atoms with Crippen LogP contribution in [0.25, 0.3) is 11.1 Å². The molecule has 0 aromatic heterocycles. The quantitative estimate of drug-likeness (QED) is 0.397. The number of ether oxygens (including phenoxy) is 3. The Hall–Kier alpha value is -3.06. The van der Waals surface area contributed by atoms with Crippen LogP contribution in [-0.2, 0) is 20.9 Å². The van der Waals surface area contributed by atoms with Gasteiger partial charge in [0.15, 0.2) is 0 Å². The smallest absolute Gasteiger partial charge is 0.290 e. The van der Waals surface area contributed by atoms with Gasteiger partial charge in [0.05, 0.1) is 26.9 Å². The highest BCUT2D eigenvalue weighted by Gasteiger charge is 2.25. The Morgan fingerprint density at radius 1 is 1.00 bits per heavy atom. The third kappa shape index (κ3) is 7.72. The SMILES string of the molecule is CC.COc1cc(-c2ccc(NC(=O)C3CCC3)cc2COC2CCCC2)cc(OC)c1C.O=CO. The van der Waals surface area contributed by atoms with E-state index in [1.165, 1.54) is 12.8 Å². The second kappa shape index (κ2) is 15.1. The zero-order chi connectivity index (χ0) is 26.5. The Morgan fingerprint density at radius 3 is 2.08 bits per heavy atom. The number of hydrogen-bond donors (Lipinski definition) is 2. The van der Waals surface area contributed by atoms with Gasteiger partial charge in [0.1, 0.15) is 11.5 Å². The Bertz CT molecular complexity index is 955. The fourth-order valence-electron chi connectivity index (χ4n) is 4.49. The molecule has 0 saturated heterocycles. The molecule has 2 fully saturated rings. The van der Waals surface area contributed by atoms with Crippen molar-refractivity contribution in [1.82, 2.24) is 0 Å². The third-order valence-electron chi connectivity index (χ3n) is 6.69. The summed E-state index contributed by atoms with van der Waals surface area (Å²) < 4.78 is 17.4. The topological polar surface area (TPSA) is 94.1 Å². The van der Waals surface area contributed by atoms with Crippen molar-refractivity contribution < 1.29 is 28.9 Å². The summed E-state index contributed by atoms with van der Waals surface area (Å²) in [5.74, 6) is 1.86. The van der Waals surface area contributed by atoms with Crippen molar-refractivity contribution in [3.63, 3.8) is 0 Å². The molecule has 0 atom stereocenters. The predicted molar refractivity (Wildman–Crippen MR) is 143 cm³/mol. The minimum absolute atomic E-state index is 0.125. The van der Waals surface area contributed by atoms with Crippen LogP contribution in [0.5, 0.6) is 11.5 Å². The zero-order valence-corrected chi connectivity index (χ0v) is 22.3. The van der Waals surface area contributed by atoms with Gasteiger partial charge in [-0.15, -0.1) is 0 Å². The number of amides is 1.